The zero-order chi connectivity index (χ0) is 25.3. The number of rotatable bonds is 3. The predicted octanol–water partition coefficient (Wildman–Crippen LogP) is 5.43. The third kappa shape index (κ3) is 3.52. The van der Waals surface area contributed by atoms with Gasteiger partial charge in [0.15, 0.2) is 5.78 Å². The maximum Gasteiger partial charge on any atom is 0.287 e. The van der Waals surface area contributed by atoms with E-state index in [1.807, 2.05) is 13.8 Å². The summed E-state index contributed by atoms with van der Waals surface area (Å²) in [6, 6.07) is 0.0212. The fraction of sp³-hybridized carbons (Fsp3) is 0.750. The van der Waals surface area contributed by atoms with Crippen LogP contribution in [-0.4, -0.2) is 40.7 Å². The van der Waals surface area contributed by atoms with Gasteiger partial charge in [0, 0.05) is 17.4 Å². The van der Waals surface area contributed by atoms with Crippen LogP contribution in [0.5, 0.6) is 0 Å². The summed E-state index contributed by atoms with van der Waals surface area (Å²) in [6.07, 6.45) is 6.96. The molecule has 192 valence electrons. The van der Waals surface area contributed by atoms with Crippen LogP contribution >= 0.6 is 11.6 Å². The minimum atomic E-state index is -1.52. The van der Waals surface area contributed by atoms with Gasteiger partial charge in [-0.3, -0.25) is 14.4 Å². The highest BCUT2D eigenvalue weighted by molar-refractivity contribution is 6.37. The molecule has 1 N–H and O–H groups in total. The molecule has 0 aliphatic heterocycles. The molecule has 0 aromatic rings. The largest absolute Gasteiger partial charge is 0.347 e. The van der Waals surface area contributed by atoms with Gasteiger partial charge in [-0.05, 0) is 73.0 Å². The number of nitrogens with one attached hydrogen (secondary N) is 1. The van der Waals surface area contributed by atoms with E-state index >= 15 is 8.78 Å². The molecular weight excluding hydrogens is 472 g/mol. The van der Waals surface area contributed by atoms with Crippen molar-refractivity contribution in [1.82, 2.24) is 5.32 Å². The first-order valence-electron chi connectivity index (χ1n) is 13.2. The van der Waals surface area contributed by atoms with Crippen molar-refractivity contribution in [1.29, 1.82) is 0 Å². The van der Waals surface area contributed by atoms with Gasteiger partial charge in [-0.25, -0.2) is 8.78 Å². The average Bonchev–Trinajstić information content (AvgIpc) is 3.07. The Morgan fingerprint density at radius 3 is 2.46 bits per heavy atom. The van der Waals surface area contributed by atoms with Crippen molar-refractivity contribution in [3.8, 4) is 0 Å². The van der Waals surface area contributed by atoms with Crippen LogP contribution < -0.4 is 5.32 Å². The number of hydrogen-bond donors (Lipinski definition) is 1. The first kappa shape index (κ1) is 25.1. The predicted molar refractivity (Wildman–Crippen MR) is 130 cm³/mol. The molecule has 5 aliphatic rings. The van der Waals surface area contributed by atoms with Crippen molar-refractivity contribution in [3.63, 3.8) is 0 Å². The lowest BCUT2D eigenvalue weighted by Gasteiger charge is -2.63. The highest BCUT2D eigenvalue weighted by atomic mass is 35.5. The lowest BCUT2D eigenvalue weighted by molar-refractivity contribution is -0.147. The number of hydrogen-bond acceptors (Lipinski definition) is 3. The SMILES string of the molecule is CC1C[C@H]2[C@@H]3CC(F)C4=CC(=O)C=C[C@]4(C)[C@@]3(Cl)C(F)C[C@]2(C)[C@H]1C(=O)C(=O)NC1CCCCC1. The molecule has 35 heavy (non-hydrogen) atoms. The van der Waals surface area contributed by atoms with Gasteiger partial charge in [-0.1, -0.05) is 46.1 Å². The summed E-state index contributed by atoms with van der Waals surface area (Å²) >= 11 is 7.24. The number of amides is 1. The van der Waals surface area contributed by atoms with Gasteiger partial charge in [-0.2, -0.15) is 0 Å². The van der Waals surface area contributed by atoms with Crippen LogP contribution in [0.15, 0.2) is 23.8 Å². The van der Waals surface area contributed by atoms with Gasteiger partial charge in [0.25, 0.3) is 5.91 Å². The molecule has 0 aromatic carbocycles. The number of ketones is 2. The van der Waals surface area contributed by atoms with Crippen molar-refractivity contribution in [2.45, 2.75) is 95.4 Å². The van der Waals surface area contributed by atoms with E-state index in [1.165, 1.54) is 12.2 Å². The smallest absolute Gasteiger partial charge is 0.287 e. The molecule has 1 amide bonds. The van der Waals surface area contributed by atoms with Crippen LogP contribution in [0.4, 0.5) is 8.78 Å². The Hall–Kier alpha value is -1.56. The molecule has 0 spiro atoms. The van der Waals surface area contributed by atoms with Crippen LogP contribution in [0.1, 0.15) is 72.1 Å². The Labute approximate surface area is 211 Å². The Morgan fingerprint density at radius 1 is 1.09 bits per heavy atom. The van der Waals surface area contributed by atoms with E-state index in [9.17, 15) is 14.4 Å². The van der Waals surface area contributed by atoms with Crippen LogP contribution in [0.2, 0.25) is 0 Å². The monoisotopic (exact) mass is 507 g/mol. The lowest BCUT2D eigenvalue weighted by atomic mass is 9.46. The molecule has 5 aliphatic carbocycles. The minimum Gasteiger partial charge on any atom is -0.347 e. The van der Waals surface area contributed by atoms with Gasteiger partial charge in [0.05, 0.1) is 4.87 Å². The number of carbonyl (C=O) groups excluding carboxylic acids is 3. The van der Waals surface area contributed by atoms with Crippen molar-refractivity contribution < 1.29 is 23.2 Å². The first-order chi connectivity index (χ1) is 16.4. The second-order valence-corrected chi connectivity index (χ2v) is 12.9. The number of halogens is 3. The number of Topliss-reactive ketones (excluding diaryl/α,β-unsaturated/α-hetero) is 1. The van der Waals surface area contributed by atoms with E-state index in [1.54, 1.807) is 13.0 Å². The molecule has 7 heteroatoms. The second-order valence-electron chi connectivity index (χ2n) is 12.3. The van der Waals surface area contributed by atoms with Crippen LogP contribution in [-0.2, 0) is 14.4 Å². The third-order valence-corrected chi connectivity index (χ3v) is 11.3. The van der Waals surface area contributed by atoms with Crippen molar-refractivity contribution in [3.05, 3.63) is 23.8 Å². The highest BCUT2D eigenvalue weighted by Gasteiger charge is 2.72. The van der Waals surface area contributed by atoms with E-state index in [-0.39, 0.29) is 42.1 Å². The minimum absolute atomic E-state index is 0.0212. The van der Waals surface area contributed by atoms with E-state index in [2.05, 4.69) is 5.32 Å². The molecule has 4 saturated carbocycles. The van der Waals surface area contributed by atoms with Crippen molar-refractivity contribution in [2.75, 3.05) is 0 Å². The zero-order valence-electron chi connectivity index (χ0n) is 20.8. The highest BCUT2D eigenvalue weighted by Crippen LogP contribution is 2.71. The molecule has 0 aromatic heterocycles. The quantitative estimate of drug-likeness (QED) is 0.409. The summed E-state index contributed by atoms with van der Waals surface area (Å²) < 4.78 is 31.9. The Morgan fingerprint density at radius 2 is 1.77 bits per heavy atom. The fourth-order valence-electron chi connectivity index (χ4n) is 8.71. The van der Waals surface area contributed by atoms with Gasteiger partial charge in [-0.15, -0.1) is 11.6 Å². The molecule has 9 atom stereocenters. The molecule has 4 fully saturated rings. The van der Waals surface area contributed by atoms with Crippen LogP contribution in [0.3, 0.4) is 0 Å². The number of alkyl halides is 3. The standard InChI is InChI=1S/C28H36ClF2NO3/c1-15-11-18-19-13-21(30)20-12-17(33)9-10-27(20,3)28(19,29)22(31)14-26(18,2)23(15)24(34)25(35)32-16-7-5-4-6-8-16/h9-10,12,15-16,18-19,21-23H,4-8,11,13-14H2,1-3H3,(H,32,35)/t15?,18-,19-,21?,22?,23+,26-,27-,28-/m0/s1. The van der Waals surface area contributed by atoms with Crippen LogP contribution in [0.25, 0.3) is 0 Å². The van der Waals surface area contributed by atoms with Crippen LogP contribution in [0, 0.1) is 34.5 Å². The summed E-state index contributed by atoms with van der Waals surface area (Å²) in [4.78, 5) is 37.1. The molecule has 0 heterocycles. The van der Waals surface area contributed by atoms with Crippen molar-refractivity contribution in [2.24, 2.45) is 34.5 Å². The molecule has 3 unspecified atom stereocenters. The summed E-state index contributed by atoms with van der Waals surface area (Å²) in [5, 5.41) is 2.94. The van der Waals surface area contributed by atoms with E-state index in [0.29, 0.717) is 6.42 Å². The maximum absolute atomic E-state index is 16.4. The third-order valence-electron chi connectivity index (χ3n) is 10.4. The summed E-state index contributed by atoms with van der Waals surface area (Å²) in [5.41, 5.74) is -1.66. The molecule has 5 rings (SSSR count). The van der Waals surface area contributed by atoms with Gasteiger partial charge < -0.3 is 5.32 Å². The Bertz CT molecular complexity index is 1010. The summed E-state index contributed by atoms with van der Waals surface area (Å²) in [6.45, 7) is 5.59. The number of carbonyl (C=O) groups is 3. The van der Waals surface area contributed by atoms with Gasteiger partial charge >= 0.3 is 0 Å². The summed E-state index contributed by atoms with van der Waals surface area (Å²) in [7, 11) is 0. The van der Waals surface area contributed by atoms with E-state index in [0.717, 1.165) is 32.1 Å². The fourth-order valence-corrected chi connectivity index (χ4v) is 9.20. The Balaban J connectivity index is 1.46. The molecule has 0 saturated heterocycles. The average molecular weight is 508 g/mol. The number of fused-ring (bicyclic) bond motifs is 5. The topological polar surface area (TPSA) is 63.2 Å². The van der Waals surface area contributed by atoms with E-state index < -0.39 is 51.6 Å². The van der Waals surface area contributed by atoms with E-state index in [4.69, 9.17) is 11.6 Å². The Kier molecular flexibility index (Phi) is 6.09. The normalized spacial score (nSPS) is 47.4. The van der Waals surface area contributed by atoms with Crippen molar-refractivity contribution >= 4 is 29.1 Å². The molecule has 4 nitrogen and oxygen atoms in total. The number of allylic oxidation sites excluding steroid dienone is 4. The summed E-state index contributed by atoms with van der Waals surface area (Å²) in [5.74, 6) is -2.81. The maximum atomic E-state index is 16.4. The first-order valence-corrected chi connectivity index (χ1v) is 13.6. The molecule has 0 radical (unpaired) electrons. The molecular formula is C28H36ClF2NO3. The molecule has 0 bridgehead atoms. The van der Waals surface area contributed by atoms with Gasteiger partial charge in [0.1, 0.15) is 12.3 Å². The zero-order valence-corrected chi connectivity index (χ0v) is 21.5. The second kappa shape index (κ2) is 8.49. The lowest BCUT2D eigenvalue weighted by Crippen LogP contribution is -2.66. The van der Waals surface area contributed by atoms with Gasteiger partial charge in [0.2, 0.25) is 5.78 Å².